The Morgan fingerprint density at radius 2 is 2.31 bits per heavy atom. The van der Waals surface area contributed by atoms with Crippen LogP contribution < -0.4 is 5.32 Å². The van der Waals surface area contributed by atoms with Crippen molar-refractivity contribution >= 4 is 27.3 Å². The number of carbonyl (C=O) groups is 1. The molecule has 2 aromatic rings. The van der Waals surface area contributed by atoms with Crippen molar-refractivity contribution in [3.05, 3.63) is 35.2 Å². The van der Waals surface area contributed by atoms with Crippen molar-refractivity contribution in [1.29, 1.82) is 0 Å². The third-order valence-electron chi connectivity index (χ3n) is 2.13. The maximum Gasteiger partial charge on any atom is 0.217 e. The molecule has 0 aliphatic carbocycles. The van der Waals surface area contributed by atoms with Gasteiger partial charge in [0.1, 0.15) is 0 Å². The first-order valence-corrected chi connectivity index (χ1v) is 5.85. The van der Waals surface area contributed by atoms with Gasteiger partial charge < -0.3 is 5.32 Å². The number of rotatable bonds is 1. The van der Waals surface area contributed by atoms with E-state index in [0.29, 0.717) is 6.54 Å². The Bertz CT molecular complexity index is 574. The SMILES string of the molecule is CC(=O)NCC#Cc1cccc2ccsc12. The highest BCUT2D eigenvalue weighted by atomic mass is 32.1. The summed E-state index contributed by atoms with van der Waals surface area (Å²) in [6, 6.07) is 8.15. The minimum absolute atomic E-state index is 0.0522. The summed E-state index contributed by atoms with van der Waals surface area (Å²) >= 11 is 1.69. The number of hydrogen-bond donors (Lipinski definition) is 1. The van der Waals surface area contributed by atoms with Crippen molar-refractivity contribution in [2.24, 2.45) is 0 Å². The molecule has 0 aliphatic rings. The second-order valence-electron chi connectivity index (χ2n) is 3.36. The summed E-state index contributed by atoms with van der Waals surface area (Å²) in [5.74, 6) is 5.96. The first kappa shape index (κ1) is 10.7. The highest BCUT2D eigenvalue weighted by molar-refractivity contribution is 7.17. The summed E-state index contributed by atoms with van der Waals surface area (Å²) in [7, 11) is 0. The van der Waals surface area contributed by atoms with Gasteiger partial charge in [0.15, 0.2) is 0 Å². The number of carbonyl (C=O) groups excluding carboxylic acids is 1. The minimum Gasteiger partial charge on any atom is -0.345 e. The lowest BCUT2D eigenvalue weighted by molar-refractivity contribution is -0.118. The van der Waals surface area contributed by atoms with Crippen LogP contribution in [0, 0.1) is 11.8 Å². The summed E-state index contributed by atoms with van der Waals surface area (Å²) in [6.45, 7) is 1.89. The Morgan fingerprint density at radius 3 is 3.12 bits per heavy atom. The molecule has 1 heterocycles. The summed E-state index contributed by atoms with van der Waals surface area (Å²) in [4.78, 5) is 10.6. The zero-order chi connectivity index (χ0) is 11.4. The quantitative estimate of drug-likeness (QED) is 0.747. The van der Waals surface area contributed by atoms with Crippen LogP contribution in [0.3, 0.4) is 0 Å². The van der Waals surface area contributed by atoms with Crippen LogP contribution in [0.5, 0.6) is 0 Å². The van der Waals surface area contributed by atoms with Gasteiger partial charge in [-0.3, -0.25) is 4.79 Å². The second kappa shape index (κ2) is 4.82. The molecule has 0 atom stereocenters. The maximum absolute atomic E-state index is 10.6. The van der Waals surface area contributed by atoms with E-state index in [9.17, 15) is 4.79 Å². The molecule has 1 N–H and O–H groups in total. The van der Waals surface area contributed by atoms with Crippen LogP contribution in [0.4, 0.5) is 0 Å². The molecule has 16 heavy (non-hydrogen) atoms. The molecule has 3 heteroatoms. The van der Waals surface area contributed by atoms with Gasteiger partial charge >= 0.3 is 0 Å². The lowest BCUT2D eigenvalue weighted by Gasteiger charge is -1.94. The normalized spacial score (nSPS) is 9.56. The standard InChI is InChI=1S/C13H11NOS/c1-10(15)14-8-3-6-11-4-2-5-12-7-9-16-13(11)12/h2,4-5,7,9H,8H2,1H3,(H,14,15). The van der Waals surface area contributed by atoms with E-state index in [1.165, 1.54) is 17.0 Å². The zero-order valence-corrected chi connectivity index (χ0v) is 9.73. The molecular formula is C13H11NOS. The van der Waals surface area contributed by atoms with E-state index in [-0.39, 0.29) is 5.91 Å². The van der Waals surface area contributed by atoms with Crippen molar-refractivity contribution < 1.29 is 4.79 Å². The molecule has 1 aromatic heterocycles. The van der Waals surface area contributed by atoms with Gasteiger partial charge in [0.25, 0.3) is 0 Å². The Hall–Kier alpha value is -1.79. The topological polar surface area (TPSA) is 29.1 Å². The predicted molar refractivity (Wildman–Crippen MR) is 67.4 cm³/mol. The van der Waals surface area contributed by atoms with Crippen LogP contribution in [0.1, 0.15) is 12.5 Å². The molecule has 0 aliphatic heterocycles. The van der Waals surface area contributed by atoms with E-state index in [1.807, 2.05) is 12.1 Å². The van der Waals surface area contributed by atoms with E-state index in [4.69, 9.17) is 0 Å². The zero-order valence-electron chi connectivity index (χ0n) is 8.91. The molecule has 0 spiro atoms. The smallest absolute Gasteiger partial charge is 0.217 e. The monoisotopic (exact) mass is 229 g/mol. The van der Waals surface area contributed by atoms with E-state index in [2.05, 4.69) is 34.7 Å². The minimum atomic E-state index is -0.0522. The molecule has 0 bridgehead atoms. The van der Waals surface area contributed by atoms with Gasteiger partial charge in [-0.1, -0.05) is 24.0 Å². The lowest BCUT2D eigenvalue weighted by Crippen LogP contribution is -2.19. The first-order chi connectivity index (χ1) is 7.77. The third-order valence-corrected chi connectivity index (χ3v) is 3.09. The van der Waals surface area contributed by atoms with Crippen LogP contribution in [0.2, 0.25) is 0 Å². The third kappa shape index (κ3) is 2.41. The highest BCUT2D eigenvalue weighted by Gasteiger charge is 1.98. The summed E-state index contributed by atoms with van der Waals surface area (Å²) in [6.07, 6.45) is 0. The van der Waals surface area contributed by atoms with Gasteiger partial charge in [-0.15, -0.1) is 11.3 Å². The molecule has 0 radical (unpaired) electrons. The van der Waals surface area contributed by atoms with E-state index >= 15 is 0 Å². The molecule has 80 valence electrons. The van der Waals surface area contributed by atoms with Crippen molar-refractivity contribution in [3.8, 4) is 11.8 Å². The van der Waals surface area contributed by atoms with E-state index in [1.54, 1.807) is 11.3 Å². The molecule has 0 saturated carbocycles. The average molecular weight is 229 g/mol. The average Bonchev–Trinajstić information content (AvgIpc) is 2.72. The van der Waals surface area contributed by atoms with Crippen LogP contribution in [0.15, 0.2) is 29.6 Å². The Balaban J connectivity index is 2.20. The van der Waals surface area contributed by atoms with Gasteiger partial charge in [0, 0.05) is 17.2 Å². The molecule has 1 aromatic carbocycles. The molecule has 2 nitrogen and oxygen atoms in total. The van der Waals surface area contributed by atoms with Gasteiger partial charge in [-0.05, 0) is 22.9 Å². The molecule has 0 fully saturated rings. The molecular weight excluding hydrogens is 218 g/mol. The predicted octanol–water partition coefficient (Wildman–Crippen LogP) is 2.39. The number of nitrogens with one attached hydrogen (secondary N) is 1. The van der Waals surface area contributed by atoms with Gasteiger partial charge in [-0.25, -0.2) is 0 Å². The highest BCUT2D eigenvalue weighted by Crippen LogP contribution is 2.23. The molecule has 1 amide bonds. The fraction of sp³-hybridized carbons (Fsp3) is 0.154. The summed E-state index contributed by atoms with van der Waals surface area (Å²) < 4.78 is 1.21. The first-order valence-electron chi connectivity index (χ1n) is 4.97. The van der Waals surface area contributed by atoms with E-state index < -0.39 is 0 Å². The van der Waals surface area contributed by atoms with Crippen LogP contribution in [0.25, 0.3) is 10.1 Å². The Labute approximate surface area is 98.3 Å². The van der Waals surface area contributed by atoms with Gasteiger partial charge in [0.05, 0.1) is 6.54 Å². The van der Waals surface area contributed by atoms with Crippen molar-refractivity contribution in [2.75, 3.05) is 6.54 Å². The van der Waals surface area contributed by atoms with Crippen LogP contribution in [-0.2, 0) is 4.79 Å². The van der Waals surface area contributed by atoms with E-state index in [0.717, 1.165) is 5.56 Å². The molecule has 0 unspecified atom stereocenters. The van der Waals surface area contributed by atoms with Crippen LogP contribution >= 0.6 is 11.3 Å². The van der Waals surface area contributed by atoms with Gasteiger partial charge in [-0.2, -0.15) is 0 Å². The number of hydrogen-bond acceptors (Lipinski definition) is 2. The fourth-order valence-corrected chi connectivity index (χ4v) is 2.27. The van der Waals surface area contributed by atoms with Crippen LogP contribution in [-0.4, -0.2) is 12.5 Å². The molecule has 2 rings (SSSR count). The Kier molecular flexibility index (Phi) is 3.23. The van der Waals surface area contributed by atoms with Gasteiger partial charge in [0.2, 0.25) is 5.91 Å². The lowest BCUT2D eigenvalue weighted by atomic mass is 10.2. The largest absolute Gasteiger partial charge is 0.345 e. The summed E-state index contributed by atoms with van der Waals surface area (Å²) in [5.41, 5.74) is 1.03. The second-order valence-corrected chi connectivity index (χ2v) is 4.27. The molecule has 0 saturated heterocycles. The summed E-state index contributed by atoms with van der Waals surface area (Å²) in [5, 5.41) is 5.93. The van der Waals surface area contributed by atoms with Crippen molar-refractivity contribution in [1.82, 2.24) is 5.32 Å². The number of amides is 1. The van der Waals surface area contributed by atoms with Crippen molar-refractivity contribution in [2.45, 2.75) is 6.92 Å². The Morgan fingerprint density at radius 1 is 1.44 bits per heavy atom. The number of thiophene rings is 1. The number of fused-ring (bicyclic) bond motifs is 1. The van der Waals surface area contributed by atoms with Crippen molar-refractivity contribution in [3.63, 3.8) is 0 Å². The maximum atomic E-state index is 10.6. The number of benzene rings is 1. The fourth-order valence-electron chi connectivity index (χ4n) is 1.40.